The molecule has 0 radical (unpaired) electrons. The van der Waals surface area contributed by atoms with Gasteiger partial charge in [-0.15, -0.1) is 10.2 Å². The Hall–Kier alpha value is -2.57. The second-order valence-electron chi connectivity index (χ2n) is 8.15. The highest BCUT2D eigenvalue weighted by molar-refractivity contribution is 5.71. The molecule has 32 heavy (non-hydrogen) atoms. The van der Waals surface area contributed by atoms with E-state index in [1.807, 2.05) is 0 Å². The molecule has 2 aliphatic rings. The SMILES string of the molecule is Nc1cc(C(F)(F)F)c2nc1-c1nnc(o1)[C@@](O)(C(F)(F)F)CCCCC[C@H]1CCCN21. The highest BCUT2D eigenvalue weighted by Crippen LogP contribution is 2.45. The lowest BCUT2D eigenvalue weighted by atomic mass is 9.94. The Balaban J connectivity index is 1.90. The molecule has 2 aromatic rings. The zero-order valence-corrected chi connectivity index (χ0v) is 16.8. The molecule has 4 heterocycles. The third-order valence-corrected chi connectivity index (χ3v) is 6.01. The summed E-state index contributed by atoms with van der Waals surface area (Å²) >= 11 is 0. The Kier molecular flexibility index (Phi) is 5.50. The molecule has 13 heteroatoms. The molecule has 2 aliphatic heterocycles. The van der Waals surface area contributed by atoms with Crippen LogP contribution in [0.3, 0.4) is 0 Å². The fourth-order valence-electron chi connectivity index (χ4n) is 4.33. The zero-order chi connectivity index (χ0) is 23.3. The van der Waals surface area contributed by atoms with Crippen molar-refractivity contribution in [1.29, 1.82) is 0 Å². The van der Waals surface area contributed by atoms with E-state index in [-0.39, 0.29) is 24.0 Å². The van der Waals surface area contributed by atoms with Gasteiger partial charge >= 0.3 is 12.4 Å². The zero-order valence-electron chi connectivity index (χ0n) is 16.8. The first-order valence-electron chi connectivity index (χ1n) is 10.2. The molecular weight excluding hydrogens is 444 g/mol. The van der Waals surface area contributed by atoms with Crippen LogP contribution >= 0.6 is 0 Å². The molecule has 0 saturated carbocycles. The third kappa shape index (κ3) is 3.86. The summed E-state index contributed by atoms with van der Waals surface area (Å²) in [5.41, 5.74) is 0.505. The Labute approximate surface area is 178 Å². The number of nitrogen functional groups attached to an aromatic ring is 1. The molecule has 4 bridgehead atoms. The van der Waals surface area contributed by atoms with Crippen molar-refractivity contribution in [3.8, 4) is 11.6 Å². The predicted octanol–water partition coefficient (Wildman–Crippen LogP) is 4.42. The van der Waals surface area contributed by atoms with Gasteiger partial charge in [-0.25, -0.2) is 4.98 Å². The second kappa shape index (κ2) is 7.78. The van der Waals surface area contributed by atoms with Crippen LogP contribution in [0.5, 0.6) is 0 Å². The number of nitrogens with zero attached hydrogens (tertiary/aromatic N) is 4. The van der Waals surface area contributed by atoms with Crippen LogP contribution in [0.1, 0.15) is 56.4 Å². The Morgan fingerprint density at radius 3 is 2.47 bits per heavy atom. The molecule has 1 saturated heterocycles. The van der Waals surface area contributed by atoms with Gasteiger partial charge in [0.1, 0.15) is 11.4 Å². The van der Waals surface area contributed by atoms with Crippen molar-refractivity contribution in [1.82, 2.24) is 15.2 Å². The molecule has 0 unspecified atom stereocenters. The van der Waals surface area contributed by atoms with Crippen LogP contribution in [0.25, 0.3) is 11.6 Å². The molecule has 176 valence electrons. The number of anilines is 2. The van der Waals surface area contributed by atoms with E-state index < -0.39 is 47.4 Å². The Morgan fingerprint density at radius 1 is 1.06 bits per heavy atom. The largest absolute Gasteiger partial charge is 0.426 e. The summed E-state index contributed by atoms with van der Waals surface area (Å²) in [6.45, 7) is 0.354. The number of hydrogen-bond donors (Lipinski definition) is 2. The van der Waals surface area contributed by atoms with Crippen molar-refractivity contribution in [2.24, 2.45) is 0 Å². The first kappa shape index (κ1) is 22.6. The Bertz CT molecular complexity index is 992. The van der Waals surface area contributed by atoms with Crippen LogP contribution < -0.4 is 10.6 Å². The van der Waals surface area contributed by atoms with E-state index >= 15 is 0 Å². The average Bonchev–Trinajstić information content (AvgIpc) is 3.35. The fraction of sp³-hybridized carbons (Fsp3) is 0.632. The predicted molar refractivity (Wildman–Crippen MR) is 100 cm³/mol. The van der Waals surface area contributed by atoms with Crippen molar-refractivity contribution in [3.63, 3.8) is 0 Å². The maximum Gasteiger partial charge on any atom is 0.426 e. The lowest BCUT2D eigenvalue weighted by Crippen LogP contribution is -2.42. The summed E-state index contributed by atoms with van der Waals surface area (Å²) in [7, 11) is 0. The lowest BCUT2D eigenvalue weighted by molar-refractivity contribution is -0.277. The monoisotopic (exact) mass is 465 g/mol. The molecule has 0 amide bonds. The average molecular weight is 465 g/mol. The first-order chi connectivity index (χ1) is 14.9. The number of hydrogen-bond acceptors (Lipinski definition) is 7. The van der Waals surface area contributed by atoms with Crippen LogP contribution in [0, 0.1) is 0 Å². The number of rotatable bonds is 0. The molecular formula is C19H21F6N5O2. The maximum absolute atomic E-state index is 13.8. The van der Waals surface area contributed by atoms with Gasteiger partial charge in [0.15, 0.2) is 5.69 Å². The van der Waals surface area contributed by atoms with E-state index in [0.717, 1.165) is 0 Å². The van der Waals surface area contributed by atoms with Crippen molar-refractivity contribution in [2.75, 3.05) is 17.2 Å². The van der Waals surface area contributed by atoms with Gasteiger partial charge in [-0.2, -0.15) is 26.3 Å². The molecule has 0 aromatic carbocycles. The Morgan fingerprint density at radius 2 is 1.78 bits per heavy atom. The summed E-state index contributed by atoms with van der Waals surface area (Å²) in [5.74, 6) is -2.06. The van der Waals surface area contributed by atoms with E-state index in [0.29, 0.717) is 44.7 Å². The minimum absolute atomic E-state index is 0.0138. The van der Waals surface area contributed by atoms with Crippen molar-refractivity contribution < 1.29 is 35.9 Å². The highest BCUT2D eigenvalue weighted by atomic mass is 19.4. The normalized spacial score (nSPS) is 24.8. The van der Waals surface area contributed by atoms with E-state index in [1.165, 1.54) is 0 Å². The van der Waals surface area contributed by atoms with Crippen molar-refractivity contribution >= 4 is 11.5 Å². The van der Waals surface area contributed by atoms with Crippen molar-refractivity contribution in [3.05, 3.63) is 17.5 Å². The number of alkyl halides is 6. The summed E-state index contributed by atoms with van der Waals surface area (Å²) in [4.78, 5) is 5.62. The molecule has 0 spiro atoms. The minimum atomic E-state index is -5.10. The standard InChI is InChI=1S/C19H21F6N5O2/c20-18(21,22)11-9-12(26)13-15-28-29-16(32-15)17(31,19(23,24)25)7-3-1-2-5-10-6-4-8-30(10)14(11)27-13/h9-10,31H,1-8,26H2/t10-,17+/m0/s1. The number of halogens is 6. The highest BCUT2D eigenvalue weighted by Gasteiger charge is 2.58. The molecule has 7 nitrogen and oxygen atoms in total. The number of aliphatic hydroxyl groups is 1. The van der Waals surface area contributed by atoms with Gasteiger partial charge in [0, 0.05) is 12.6 Å². The van der Waals surface area contributed by atoms with E-state index in [9.17, 15) is 31.4 Å². The quantitative estimate of drug-likeness (QED) is 0.556. The first-order valence-corrected chi connectivity index (χ1v) is 10.2. The van der Waals surface area contributed by atoms with Crippen LogP contribution in [0.15, 0.2) is 10.5 Å². The number of nitrogens with two attached hydrogens (primary N) is 1. The van der Waals surface area contributed by atoms with Gasteiger partial charge in [0.2, 0.25) is 5.60 Å². The smallest absolute Gasteiger partial charge is 0.416 e. The second-order valence-corrected chi connectivity index (χ2v) is 8.15. The van der Waals surface area contributed by atoms with Crippen molar-refractivity contribution in [2.45, 2.75) is 68.9 Å². The molecule has 0 aliphatic carbocycles. The van der Waals surface area contributed by atoms with Crippen LogP contribution in [-0.4, -0.2) is 39.1 Å². The summed E-state index contributed by atoms with van der Waals surface area (Å²) in [5, 5.41) is 17.2. The minimum Gasteiger partial charge on any atom is -0.416 e. The molecule has 1 fully saturated rings. The molecule has 3 N–H and O–H groups in total. The molecule has 2 aromatic heterocycles. The summed E-state index contributed by atoms with van der Waals surface area (Å²) in [6.07, 6.45) is -7.92. The van der Waals surface area contributed by atoms with E-state index in [1.54, 1.807) is 4.90 Å². The third-order valence-electron chi connectivity index (χ3n) is 6.01. The van der Waals surface area contributed by atoms with Gasteiger partial charge in [-0.3, -0.25) is 0 Å². The van der Waals surface area contributed by atoms with Gasteiger partial charge in [-0.1, -0.05) is 12.8 Å². The summed E-state index contributed by atoms with van der Waals surface area (Å²) in [6, 6.07) is 0.432. The van der Waals surface area contributed by atoms with Crippen LogP contribution in [0.4, 0.5) is 37.8 Å². The van der Waals surface area contributed by atoms with Gasteiger partial charge in [0.05, 0.1) is 5.69 Å². The fourth-order valence-corrected chi connectivity index (χ4v) is 4.33. The van der Waals surface area contributed by atoms with Crippen LogP contribution in [-0.2, 0) is 11.8 Å². The number of fused-ring (bicyclic) bond motifs is 7. The summed E-state index contributed by atoms with van der Waals surface area (Å²) < 4.78 is 87.4. The van der Waals surface area contributed by atoms with Crippen LogP contribution in [0.2, 0.25) is 0 Å². The van der Waals surface area contributed by atoms with Gasteiger partial charge in [-0.05, 0) is 38.2 Å². The van der Waals surface area contributed by atoms with E-state index in [2.05, 4.69) is 15.2 Å². The molecule has 2 atom stereocenters. The van der Waals surface area contributed by atoms with Gasteiger partial charge < -0.3 is 20.2 Å². The van der Waals surface area contributed by atoms with Gasteiger partial charge in [0.25, 0.3) is 11.8 Å². The maximum atomic E-state index is 13.8. The van der Waals surface area contributed by atoms with E-state index in [4.69, 9.17) is 10.2 Å². The molecule has 4 rings (SSSR count). The topological polar surface area (TPSA) is 101 Å². The lowest BCUT2D eigenvalue weighted by Gasteiger charge is -2.29. The number of pyridine rings is 1. The number of aromatic nitrogens is 3.